The van der Waals surface area contributed by atoms with E-state index in [1.165, 1.54) is 12.1 Å². The van der Waals surface area contributed by atoms with Crippen molar-refractivity contribution in [1.29, 1.82) is 0 Å². The minimum atomic E-state index is -0.945. The van der Waals surface area contributed by atoms with Crippen molar-refractivity contribution in [3.05, 3.63) is 42.2 Å². The lowest BCUT2D eigenvalue weighted by atomic mass is 10.2. The van der Waals surface area contributed by atoms with Gasteiger partial charge in [-0.25, -0.2) is 9.48 Å². The van der Waals surface area contributed by atoms with Crippen LogP contribution in [0.25, 0.3) is 0 Å². The molecule has 6 heteroatoms. The summed E-state index contributed by atoms with van der Waals surface area (Å²) in [6.07, 6.45) is 3.35. The van der Waals surface area contributed by atoms with Crippen LogP contribution in [-0.2, 0) is 6.54 Å². The minimum Gasteiger partial charge on any atom is -0.492 e. The maximum absolute atomic E-state index is 10.6. The van der Waals surface area contributed by atoms with Crippen LogP contribution in [0.15, 0.2) is 36.7 Å². The topological polar surface area (TPSA) is 77.2 Å². The Balaban J connectivity index is 1.85. The van der Waals surface area contributed by atoms with Gasteiger partial charge in [0.05, 0.1) is 18.3 Å². The first-order valence-electron chi connectivity index (χ1n) is 5.06. The van der Waals surface area contributed by atoms with Gasteiger partial charge in [-0.05, 0) is 24.3 Å². The highest BCUT2D eigenvalue weighted by Gasteiger charge is 2.02. The van der Waals surface area contributed by atoms with E-state index in [9.17, 15) is 4.79 Å². The quantitative estimate of drug-likeness (QED) is 0.835. The fourth-order valence-electron chi connectivity index (χ4n) is 1.30. The second kappa shape index (κ2) is 5.11. The summed E-state index contributed by atoms with van der Waals surface area (Å²) in [5, 5.41) is 16.2. The first-order chi connectivity index (χ1) is 8.25. The van der Waals surface area contributed by atoms with Crippen molar-refractivity contribution < 1.29 is 14.6 Å². The zero-order chi connectivity index (χ0) is 12.1. The van der Waals surface area contributed by atoms with Gasteiger partial charge in [-0.15, -0.1) is 5.10 Å². The number of carbonyl (C=O) groups is 1. The summed E-state index contributed by atoms with van der Waals surface area (Å²) in [6, 6.07) is 6.27. The Morgan fingerprint density at radius 3 is 2.71 bits per heavy atom. The number of rotatable bonds is 5. The second-order valence-electron chi connectivity index (χ2n) is 3.34. The third-order valence-corrected chi connectivity index (χ3v) is 2.16. The van der Waals surface area contributed by atoms with Gasteiger partial charge in [-0.3, -0.25) is 0 Å². The third kappa shape index (κ3) is 3.04. The highest BCUT2D eigenvalue weighted by atomic mass is 16.5. The van der Waals surface area contributed by atoms with Crippen LogP contribution >= 0.6 is 0 Å². The molecule has 88 valence electrons. The van der Waals surface area contributed by atoms with E-state index >= 15 is 0 Å². The molecule has 1 N–H and O–H groups in total. The van der Waals surface area contributed by atoms with Crippen LogP contribution in [0.4, 0.5) is 0 Å². The number of hydrogen-bond acceptors (Lipinski definition) is 4. The third-order valence-electron chi connectivity index (χ3n) is 2.16. The normalized spacial score (nSPS) is 10.1. The molecule has 0 fully saturated rings. The summed E-state index contributed by atoms with van der Waals surface area (Å²) in [7, 11) is 0. The van der Waals surface area contributed by atoms with Crippen LogP contribution in [0.2, 0.25) is 0 Å². The molecular formula is C11H11N3O3. The van der Waals surface area contributed by atoms with Crippen molar-refractivity contribution in [2.45, 2.75) is 6.54 Å². The van der Waals surface area contributed by atoms with Crippen LogP contribution in [0.1, 0.15) is 10.4 Å². The van der Waals surface area contributed by atoms with Crippen LogP contribution in [0, 0.1) is 0 Å². The molecule has 1 heterocycles. The van der Waals surface area contributed by atoms with Crippen LogP contribution in [0.3, 0.4) is 0 Å². The van der Waals surface area contributed by atoms with Gasteiger partial charge in [0.15, 0.2) is 0 Å². The zero-order valence-electron chi connectivity index (χ0n) is 8.98. The molecular weight excluding hydrogens is 222 g/mol. The Labute approximate surface area is 97.4 Å². The fourth-order valence-corrected chi connectivity index (χ4v) is 1.30. The molecule has 0 radical (unpaired) electrons. The molecule has 0 aliphatic rings. The number of nitrogens with zero attached hydrogens (tertiary/aromatic N) is 3. The molecule has 6 nitrogen and oxygen atoms in total. The molecule has 0 spiro atoms. The van der Waals surface area contributed by atoms with Gasteiger partial charge >= 0.3 is 5.97 Å². The number of hydrogen-bond donors (Lipinski definition) is 1. The van der Waals surface area contributed by atoms with E-state index in [1.54, 1.807) is 29.2 Å². The Morgan fingerprint density at radius 1 is 1.35 bits per heavy atom. The Morgan fingerprint density at radius 2 is 2.12 bits per heavy atom. The molecule has 0 amide bonds. The van der Waals surface area contributed by atoms with Gasteiger partial charge in [0.1, 0.15) is 12.4 Å². The van der Waals surface area contributed by atoms with Crippen molar-refractivity contribution in [3.63, 3.8) is 0 Å². The molecule has 0 aliphatic heterocycles. The summed E-state index contributed by atoms with van der Waals surface area (Å²) in [6.45, 7) is 1.05. The Hall–Kier alpha value is -2.37. The maximum atomic E-state index is 10.6. The van der Waals surface area contributed by atoms with Crippen molar-refractivity contribution in [2.24, 2.45) is 0 Å². The van der Waals surface area contributed by atoms with Crippen molar-refractivity contribution >= 4 is 5.97 Å². The largest absolute Gasteiger partial charge is 0.492 e. The number of carboxylic acids is 1. The van der Waals surface area contributed by atoms with E-state index in [4.69, 9.17) is 9.84 Å². The summed E-state index contributed by atoms with van der Waals surface area (Å²) in [5.41, 5.74) is 0.244. The number of aromatic nitrogens is 3. The van der Waals surface area contributed by atoms with Gasteiger partial charge in [0.25, 0.3) is 0 Å². The van der Waals surface area contributed by atoms with E-state index in [0.29, 0.717) is 18.9 Å². The van der Waals surface area contributed by atoms with E-state index in [1.807, 2.05) is 0 Å². The fraction of sp³-hybridized carbons (Fsp3) is 0.182. The monoisotopic (exact) mass is 233 g/mol. The van der Waals surface area contributed by atoms with E-state index in [0.717, 1.165) is 0 Å². The molecule has 2 rings (SSSR count). The van der Waals surface area contributed by atoms with Crippen molar-refractivity contribution in [2.75, 3.05) is 6.61 Å². The van der Waals surface area contributed by atoms with E-state index in [-0.39, 0.29) is 5.56 Å². The number of benzene rings is 1. The second-order valence-corrected chi connectivity index (χ2v) is 3.34. The summed E-state index contributed by atoms with van der Waals surface area (Å²) < 4.78 is 7.09. The smallest absolute Gasteiger partial charge is 0.335 e. The number of aromatic carboxylic acids is 1. The minimum absolute atomic E-state index is 0.244. The molecule has 2 aromatic rings. The van der Waals surface area contributed by atoms with Gasteiger partial charge in [-0.1, -0.05) is 5.21 Å². The lowest BCUT2D eigenvalue weighted by molar-refractivity contribution is 0.0697. The van der Waals surface area contributed by atoms with Gasteiger partial charge in [0, 0.05) is 6.20 Å². The van der Waals surface area contributed by atoms with Crippen molar-refractivity contribution in [1.82, 2.24) is 15.0 Å². The molecule has 17 heavy (non-hydrogen) atoms. The van der Waals surface area contributed by atoms with Crippen molar-refractivity contribution in [3.8, 4) is 5.75 Å². The molecule has 1 aromatic carbocycles. The summed E-state index contributed by atoms with van der Waals surface area (Å²) in [5.74, 6) is -0.311. The predicted molar refractivity (Wildman–Crippen MR) is 58.9 cm³/mol. The summed E-state index contributed by atoms with van der Waals surface area (Å²) in [4.78, 5) is 10.6. The van der Waals surface area contributed by atoms with Gasteiger partial charge in [0.2, 0.25) is 0 Å². The van der Waals surface area contributed by atoms with Crippen LogP contribution < -0.4 is 4.74 Å². The molecule has 1 aromatic heterocycles. The van der Waals surface area contributed by atoms with Crippen LogP contribution in [-0.4, -0.2) is 32.7 Å². The van der Waals surface area contributed by atoms with E-state index < -0.39 is 5.97 Å². The van der Waals surface area contributed by atoms with Gasteiger partial charge in [-0.2, -0.15) is 0 Å². The lowest BCUT2D eigenvalue weighted by Crippen LogP contribution is -2.08. The van der Waals surface area contributed by atoms with E-state index in [2.05, 4.69) is 10.3 Å². The van der Waals surface area contributed by atoms with Gasteiger partial charge < -0.3 is 9.84 Å². The standard InChI is InChI=1S/C11H11N3O3/c15-11(16)9-1-3-10(4-2-9)17-8-7-14-6-5-12-13-14/h1-6H,7-8H2,(H,15,16). The summed E-state index contributed by atoms with van der Waals surface area (Å²) >= 11 is 0. The molecule has 0 saturated carbocycles. The van der Waals surface area contributed by atoms with Crippen LogP contribution in [0.5, 0.6) is 5.75 Å². The molecule has 0 unspecified atom stereocenters. The SMILES string of the molecule is O=C(O)c1ccc(OCCn2ccnn2)cc1. The first kappa shape index (κ1) is 11.1. The predicted octanol–water partition coefficient (Wildman–Crippen LogP) is 1.06. The highest BCUT2D eigenvalue weighted by Crippen LogP contribution is 2.12. The first-order valence-corrected chi connectivity index (χ1v) is 5.06. The number of ether oxygens (including phenoxy) is 1. The highest BCUT2D eigenvalue weighted by molar-refractivity contribution is 5.87. The average molecular weight is 233 g/mol. The Bertz CT molecular complexity index is 479. The number of carboxylic acid groups (broad SMARTS) is 1. The zero-order valence-corrected chi connectivity index (χ0v) is 8.98. The maximum Gasteiger partial charge on any atom is 0.335 e. The lowest BCUT2D eigenvalue weighted by Gasteiger charge is -2.05. The Kier molecular flexibility index (Phi) is 3.34. The molecule has 0 bridgehead atoms. The average Bonchev–Trinajstić information content (AvgIpc) is 2.83. The molecule has 0 aliphatic carbocycles. The molecule has 0 saturated heterocycles. The molecule has 0 atom stereocenters.